The Morgan fingerprint density at radius 3 is 2.77 bits per heavy atom. The van der Waals surface area contributed by atoms with Gasteiger partial charge in [-0.2, -0.15) is 0 Å². The Balaban J connectivity index is 1.59. The highest BCUT2D eigenvalue weighted by atomic mass is 32.1. The average Bonchev–Trinajstić information content (AvgIpc) is 2.82. The molecule has 0 aliphatic carbocycles. The van der Waals surface area contributed by atoms with Crippen LogP contribution in [0.25, 0.3) is 0 Å². The van der Waals surface area contributed by atoms with Crippen LogP contribution in [0.3, 0.4) is 0 Å². The second kappa shape index (κ2) is 6.74. The molecule has 22 heavy (non-hydrogen) atoms. The molecule has 2 amide bonds. The lowest BCUT2D eigenvalue weighted by Crippen LogP contribution is -2.38. The topological polar surface area (TPSA) is 61.4 Å². The fraction of sp³-hybridized carbons (Fsp3) is 0.400. The first-order chi connectivity index (χ1) is 10.7. The Hall–Kier alpha value is -2.15. The molecule has 3 heterocycles. The molecule has 1 aliphatic rings. The zero-order valence-electron chi connectivity index (χ0n) is 12.5. The predicted octanol–water partition coefficient (Wildman–Crippen LogP) is 2.59. The zero-order chi connectivity index (χ0) is 15.4. The third-order valence-electron chi connectivity index (χ3n) is 3.59. The van der Waals surface area contributed by atoms with E-state index in [4.69, 9.17) is 0 Å². The van der Waals surface area contributed by atoms with Gasteiger partial charge in [0.15, 0.2) is 5.13 Å². The van der Waals surface area contributed by atoms with Gasteiger partial charge in [-0.3, -0.25) is 4.98 Å². The second-order valence-electron chi connectivity index (χ2n) is 5.27. The molecule has 1 saturated heterocycles. The molecule has 0 saturated carbocycles. The van der Waals surface area contributed by atoms with Crippen molar-refractivity contribution in [3.63, 3.8) is 0 Å². The summed E-state index contributed by atoms with van der Waals surface area (Å²) in [5, 5.41) is 6.03. The molecule has 7 heteroatoms. The lowest BCUT2D eigenvalue weighted by molar-refractivity contribution is 0.215. The number of aryl methyl sites for hydroxylation is 1. The van der Waals surface area contributed by atoms with Gasteiger partial charge in [0.2, 0.25) is 0 Å². The van der Waals surface area contributed by atoms with E-state index in [9.17, 15) is 4.79 Å². The van der Waals surface area contributed by atoms with E-state index in [2.05, 4.69) is 25.6 Å². The Labute approximate surface area is 133 Å². The number of urea groups is 1. The maximum Gasteiger partial charge on any atom is 0.321 e. The minimum Gasteiger partial charge on any atom is -0.346 e. The minimum absolute atomic E-state index is 0.0524. The number of nitrogens with zero attached hydrogens (tertiary/aromatic N) is 4. The van der Waals surface area contributed by atoms with E-state index in [-0.39, 0.29) is 6.03 Å². The predicted molar refractivity (Wildman–Crippen MR) is 88.5 cm³/mol. The molecule has 0 bridgehead atoms. The van der Waals surface area contributed by atoms with Crippen LogP contribution in [0.2, 0.25) is 0 Å². The monoisotopic (exact) mass is 317 g/mol. The quantitative estimate of drug-likeness (QED) is 0.925. The number of hydrogen-bond donors (Lipinski definition) is 1. The second-order valence-corrected chi connectivity index (χ2v) is 6.10. The standard InChI is InChI=1S/C15H19N5OS/c1-12-11-22-15(17-12)20-8-2-7-19(9-10-20)14(21)18-13-3-5-16-6-4-13/h3-6,11H,2,7-10H2,1H3,(H,16,18,21). The van der Waals surface area contributed by atoms with E-state index in [0.29, 0.717) is 6.54 Å². The first-order valence-corrected chi connectivity index (χ1v) is 8.23. The summed E-state index contributed by atoms with van der Waals surface area (Å²) < 4.78 is 0. The van der Waals surface area contributed by atoms with Crippen LogP contribution < -0.4 is 10.2 Å². The third kappa shape index (κ3) is 3.54. The highest BCUT2D eigenvalue weighted by Crippen LogP contribution is 2.21. The number of carbonyl (C=O) groups excluding carboxylic acids is 1. The van der Waals surface area contributed by atoms with Gasteiger partial charge < -0.3 is 15.1 Å². The van der Waals surface area contributed by atoms with E-state index in [0.717, 1.165) is 42.6 Å². The van der Waals surface area contributed by atoms with Gasteiger partial charge in [0, 0.05) is 49.6 Å². The summed E-state index contributed by atoms with van der Waals surface area (Å²) in [6, 6.07) is 3.53. The first-order valence-electron chi connectivity index (χ1n) is 7.35. The summed E-state index contributed by atoms with van der Waals surface area (Å²) in [5.41, 5.74) is 1.83. The number of amides is 2. The zero-order valence-corrected chi connectivity index (χ0v) is 13.3. The van der Waals surface area contributed by atoms with Crippen molar-refractivity contribution in [3.05, 3.63) is 35.6 Å². The van der Waals surface area contributed by atoms with Crippen molar-refractivity contribution in [3.8, 4) is 0 Å². The number of hydrogen-bond acceptors (Lipinski definition) is 5. The number of aromatic nitrogens is 2. The van der Waals surface area contributed by atoms with Gasteiger partial charge in [-0.15, -0.1) is 11.3 Å². The van der Waals surface area contributed by atoms with E-state index in [1.165, 1.54) is 0 Å². The van der Waals surface area contributed by atoms with Gasteiger partial charge in [-0.1, -0.05) is 0 Å². The van der Waals surface area contributed by atoms with Crippen molar-refractivity contribution in [1.29, 1.82) is 0 Å². The summed E-state index contributed by atoms with van der Waals surface area (Å²) in [5.74, 6) is 0. The molecule has 0 spiro atoms. The van der Waals surface area contributed by atoms with Crippen LogP contribution in [0.1, 0.15) is 12.1 Å². The average molecular weight is 317 g/mol. The molecular weight excluding hydrogens is 298 g/mol. The lowest BCUT2D eigenvalue weighted by Gasteiger charge is -2.22. The Kier molecular flexibility index (Phi) is 4.53. The molecule has 2 aromatic rings. The third-order valence-corrected chi connectivity index (χ3v) is 4.61. The molecular formula is C15H19N5OS. The molecule has 2 aromatic heterocycles. The van der Waals surface area contributed by atoms with Crippen molar-refractivity contribution < 1.29 is 4.79 Å². The molecule has 1 fully saturated rings. The van der Waals surface area contributed by atoms with E-state index < -0.39 is 0 Å². The van der Waals surface area contributed by atoms with Crippen LogP contribution in [0.4, 0.5) is 15.6 Å². The number of carbonyl (C=O) groups is 1. The molecule has 3 rings (SSSR count). The Bertz CT molecular complexity index is 630. The van der Waals surface area contributed by atoms with Crippen molar-refractivity contribution in [2.24, 2.45) is 0 Å². The summed E-state index contributed by atoms with van der Waals surface area (Å²) in [4.78, 5) is 24.9. The Morgan fingerprint density at radius 1 is 1.23 bits per heavy atom. The molecule has 6 nitrogen and oxygen atoms in total. The number of anilines is 2. The summed E-state index contributed by atoms with van der Waals surface area (Å²) in [7, 11) is 0. The molecule has 116 valence electrons. The van der Waals surface area contributed by atoms with Gasteiger partial charge in [0.25, 0.3) is 0 Å². The van der Waals surface area contributed by atoms with Crippen LogP contribution in [0.5, 0.6) is 0 Å². The van der Waals surface area contributed by atoms with Gasteiger partial charge >= 0.3 is 6.03 Å². The summed E-state index contributed by atoms with van der Waals surface area (Å²) >= 11 is 1.67. The number of nitrogens with one attached hydrogen (secondary N) is 1. The van der Waals surface area contributed by atoms with E-state index in [1.807, 2.05) is 11.8 Å². The molecule has 0 unspecified atom stereocenters. The molecule has 0 atom stereocenters. The van der Waals surface area contributed by atoms with Crippen LogP contribution >= 0.6 is 11.3 Å². The fourth-order valence-corrected chi connectivity index (χ4v) is 3.29. The molecule has 1 aliphatic heterocycles. The smallest absolute Gasteiger partial charge is 0.321 e. The first kappa shape index (κ1) is 14.8. The van der Waals surface area contributed by atoms with Crippen LogP contribution in [-0.4, -0.2) is 47.1 Å². The number of thiazole rings is 1. The van der Waals surface area contributed by atoms with Crippen LogP contribution in [0.15, 0.2) is 29.9 Å². The van der Waals surface area contributed by atoms with E-state index >= 15 is 0 Å². The van der Waals surface area contributed by atoms with Crippen molar-refractivity contribution >= 4 is 28.2 Å². The van der Waals surface area contributed by atoms with Crippen LogP contribution in [0, 0.1) is 6.92 Å². The minimum atomic E-state index is -0.0524. The van der Waals surface area contributed by atoms with Gasteiger partial charge in [0.1, 0.15) is 0 Å². The van der Waals surface area contributed by atoms with Crippen molar-refractivity contribution in [2.75, 3.05) is 36.4 Å². The molecule has 0 aromatic carbocycles. The summed E-state index contributed by atoms with van der Waals surface area (Å²) in [6.45, 7) is 5.22. The van der Waals surface area contributed by atoms with Crippen molar-refractivity contribution in [1.82, 2.24) is 14.9 Å². The van der Waals surface area contributed by atoms with Gasteiger partial charge in [0.05, 0.1) is 5.69 Å². The normalized spacial score (nSPS) is 15.5. The van der Waals surface area contributed by atoms with Crippen molar-refractivity contribution in [2.45, 2.75) is 13.3 Å². The number of rotatable bonds is 2. The highest BCUT2D eigenvalue weighted by Gasteiger charge is 2.20. The van der Waals surface area contributed by atoms with E-state index in [1.54, 1.807) is 35.9 Å². The lowest BCUT2D eigenvalue weighted by atomic mass is 10.4. The maximum absolute atomic E-state index is 12.3. The maximum atomic E-state index is 12.3. The van der Waals surface area contributed by atoms with Gasteiger partial charge in [-0.25, -0.2) is 9.78 Å². The van der Waals surface area contributed by atoms with Crippen LogP contribution in [-0.2, 0) is 0 Å². The number of pyridine rings is 1. The largest absolute Gasteiger partial charge is 0.346 e. The van der Waals surface area contributed by atoms with Gasteiger partial charge in [-0.05, 0) is 25.5 Å². The highest BCUT2D eigenvalue weighted by molar-refractivity contribution is 7.13. The SMILES string of the molecule is Cc1csc(N2CCCN(C(=O)Nc3ccncc3)CC2)n1. The Morgan fingerprint density at radius 2 is 2.05 bits per heavy atom. The molecule has 1 N–H and O–H groups in total. The summed E-state index contributed by atoms with van der Waals surface area (Å²) in [6.07, 6.45) is 4.29. The fourth-order valence-electron chi connectivity index (χ4n) is 2.44. The molecule has 0 radical (unpaired) electrons.